The molecule has 4 heteroatoms. The number of carbonyl (C=O) groups excluding carboxylic acids is 1. The maximum absolute atomic E-state index is 11.2. The van der Waals surface area contributed by atoms with E-state index in [0.29, 0.717) is 0 Å². The molecule has 0 heterocycles. The highest BCUT2D eigenvalue weighted by Gasteiger charge is 2.20. The highest BCUT2D eigenvalue weighted by molar-refractivity contribution is 5.75. The normalized spacial score (nSPS) is 21.3. The molecule has 0 bridgehead atoms. The fourth-order valence-electron chi connectivity index (χ4n) is 1.69. The molecule has 14 heavy (non-hydrogen) atoms. The lowest BCUT2D eigenvalue weighted by atomic mass is 10.1. The van der Waals surface area contributed by atoms with E-state index >= 15 is 0 Å². The van der Waals surface area contributed by atoms with Gasteiger partial charge in [0.2, 0.25) is 0 Å². The average Bonchev–Trinajstić information content (AvgIpc) is 2.45. The standard InChI is InChI=1S/C10H19NO3/c11-9(7-12)10(13)14-8-5-3-1-2-4-6-8/h8-9,12H,1-7,11H2/t9-/m1/s1. The van der Waals surface area contributed by atoms with E-state index < -0.39 is 12.0 Å². The minimum atomic E-state index is -0.877. The van der Waals surface area contributed by atoms with Crippen LogP contribution in [0.15, 0.2) is 0 Å². The van der Waals surface area contributed by atoms with E-state index in [-0.39, 0.29) is 12.7 Å². The Morgan fingerprint density at radius 2 is 1.93 bits per heavy atom. The Labute approximate surface area is 84.4 Å². The first-order chi connectivity index (χ1) is 6.74. The van der Waals surface area contributed by atoms with Crippen LogP contribution in [0.25, 0.3) is 0 Å². The van der Waals surface area contributed by atoms with Gasteiger partial charge in [-0.05, 0) is 25.7 Å². The number of nitrogens with two attached hydrogens (primary N) is 1. The molecule has 0 unspecified atom stereocenters. The van der Waals surface area contributed by atoms with Crippen molar-refractivity contribution >= 4 is 5.97 Å². The van der Waals surface area contributed by atoms with Crippen molar-refractivity contribution in [2.75, 3.05) is 6.61 Å². The first-order valence-electron chi connectivity index (χ1n) is 5.31. The Balaban J connectivity index is 2.30. The summed E-state index contributed by atoms with van der Waals surface area (Å²) in [7, 11) is 0. The SMILES string of the molecule is N[C@H](CO)C(=O)OC1CCCCCC1. The summed E-state index contributed by atoms with van der Waals surface area (Å²) in [5.74, 6) is -0.473. The number of esters is 1. The van der Waals surface area contributed by atoms with Crippen molar-refractivity contribution in [2.45, 2.75) is 50.7 Å². The topological polar surface area (TPSA) is 72.5 Å². The first kappa shape index (κ1) is 11.5. The Kier molecular flexibility index (Phi) is 4.90. The number of ether oxygens (including phenoxy) is 1. The molecule has 1 fully saturated rings. The predicted octanol–water partition coefficient (Wildman–Crippen LogP) is 0.572. The molecule has 0 aliphatic heterocycles. The molecule has 1 atom stereocenters. The Morgan fingerprint density at radius 1 is 1.36 bits per heavy atom. The van der Waals surface area contributed by atoms with Gasteiger partial charge < -0.3 is 15.6 Å². The maximum Gasteiger partial charge on any atom is 0.325 e. The summed E-state index contributed by atoms with van der Waals surface area (Å²) in [6, 6.07) is -0.877. The molecule has 1 saturated carbocycles. The summed E-state index contributed by atoms with van der Waals surface area (Å²) >= 11 is 0. The van der Waals surface area contributed by atoms with Crippen LogP contribution in [-0.4, -0.2) is 29.8 Å². The van der Waals surface area contributed by atoms with Gasteiger partial charge >= 0.3 is 5.97 Å². The summed E-state index contributed by atoms with van der Waals surface area (Å²) in [5.41, 5.74) is 5.35. The summed E-state index contributed by atoms with van der Waals surface area (Å²) in [4.78, 5) is 11.2. The molecule has 0 saturated heterocycles. The second-order valence-corrected chi connectivity index (χ2v) is 3.84. The van der Waals surface area contributed by atoms with Crippen molar-refractivity contribution in [3.8, 4) is 0 Å². The monoisotopic (exact) mass is 201 g/mol. The Hall–Kier alpha value is -0.610. The second-order valence-electron chi connectivity index (χ2n) is 3.84. The van der Waals surface area contributed by atoms with E-state index in [2.05, 4.69) is 0 Å². The highest BCUT2D eigenvalue weighted by atomic mass is 16.5. The van der Waals surface area contributed by atoms with E-state index in [1.54, 1.807) is 0 Å². The van der Waals surface area contributed by atoms with Crippen LogP contribution in [-0.2, 0) is 9.53 Å². The van der Waals surface area contributed by atoms with Gasteiger partial charge in [0, 0.05) is 0 Å². The molecular formula is C10H19NO3. The number of rotatable bonds is 3. The van der Waals surface area contributed by atoms with Gasteiger partial charge in [0.15, 0.2) is 0 Å². The van der Waals surface area contributed by atoms with E-state index in [4.69, 9.17) is 15.6 Å². The fourth-order valence-corrected chi connectivity index (χ4v) is 1.69. The molecule has 82 valence electrons. The zero-order chi connectivity index (χ0) is 10.4. The third-order valence-electron chi connectivity index (χ3n) is 2.58. The van der Waals surface area contributed by atoms with Gasteiger partial charge in [0.1, 0.15) is 12.1 Å². The average molecular weight is 201 g/mol. The fraction of sp³-hybridized carbons (Fsp3) is 0.900. The number of aliphatic hydroxyl groups excluding tert-OH is 1. The summed E-state index contributed by atoms with van der Waals surface area (Å²) < 4.78 is 5.20. The zero-order valence-corrected chi connectivity index (χ0v) is 8.45. The van der Waals surface area contributed by atoms with Crippen LogP contribution in [0.4, 0.5) is 0 Å². The lowest BCUT2D eigenvalue weighted by molar-refractivity contribution is -0.152. The van der Waals surface area contributed by atoms with Crippen LogP contribution in [0, 0.1) is 0 Å². The third-order valence-corrected chi connectivity index (χ3v) is 2.58. The third kappa shape index (κ3) is 3.64. The van der Waals surface area contributed by atoms with Gasteiger partial charge in [0.25, 0.3) is 0 Å². The van der Waals surface area contributed by atoms with Crippen LogP contribution in [0.1, 0.15) is 38.5 Å². The molecule has 0 amide bonds. The van der Waals surface area contributed by atoms with Crippen molar-refractivity contribution in [3.63, 3.8) is 0 Å². The van der Waals surface area contributed by atoms with E-state index in [1.807, 2.05) is 0 Å². The molecule has 1 aliphatic rings. The molecule has 0 spiro atoms. The summed E-state index contributed by atoms with van der Waals surface area (Å²) in [6.07, 6.45) is 6.56. The van der Waals surface area contributed by atoms with Gasteiger partial charge in [-0.3, -0.25) is 4.79 Å². The van der Waals surface area contributed by atoms with Gasteiger partial charge in [-0.2, -0.15) is 0 Å². The molecule has 0 aromatic carbocycles. The lowest BCUT2D eigenvalue weighted by Crippen LogP contribution is -2.37. The molecule has 3 N–H and O–H groups in total. The van der Waals surface area contributed by atoms with E-state index in [9.17, 15) is 4.79 Å². The van der Waals surface area contributed by atoms with Gasteiger partial charge in [-0.25, -0.2) is 0 Å². The van der Waals surface area contributed by atoms with Crippen LogP contribution in [0.3, 0.4) is 0 Å². The molecule has 1 rings (SSSR count). The van der Waals surface area contributed by atoms with Crippen molar-refractivity contribution in [1.29, 1.82) is 0 Å². The van der Waals surface area contributed by atoms with E-state index in [1.165, 1.54) is 12.8 Å². The molecular weight excluding hydrogens is 182 g/mol. The highest BCUT2D eigenvalue weighted by Crippen LogP contribution is 2.19. The van der Waals surface area contributed by atoms with Crippen molar-refractivity contribution in [3.05, 3.63) is 0 Å². The smallest absolute Gasteiger partial charge is 0.325 e. The predicted molar refractivity (Wildman–Crippen MR) is 52.6 cm³/mol. The van der Waals surface area contributed by atoms with Gasteiger partial charge in [0.05, 0.1) is 6.61 Å². The number of hydrogen-bond donors (Lipinski definition) is 2. The Bertz CT molecular complexity index is 176. The van der Waals surface area contributed by atoms with Crippen molar-refractivity contribution < 1.29 is 14.6 Å². The summed E-state index contributed by atoms with van der Waals surface area (Å²) in [6.45, 7) is -0.342. The minimum absolute atomic E-state index is 0.0163. The van der Waals surface area contributed by atoms with Crippen LogP contribution in [0.5, 0.6) is 0 Å². The molecule has 0 aromatic rings. The van der Waals surface area contributed by atoms with Crippen LogP contribution in [0.2, 0.25) is 0 Å². The largest absolute Gasteiger partial charge is 0.461 e. The Morgan fingerprint density at radius 3 is 2.43 bits per heavy atom. The first-order valence-corrected chi connectivity index (χ1v) is 5.31. The summed E-state index contributed by atoms with van der Waals surface area (Å²) in [5, 5.41) is 8.66. The maximum atomic E-state index is 11.2. The second kappa shape index (κ2) is 5.98. The molecule has 4 nitrogen and oxygen atoms in total. The lowest BCUT2D eigenvalue weighted by Gasteiger charge is -2.17. The zero-order valence-electron chi connectivity index (χ0n) is 8.45. The van der Waals surface area contributed by atoms with Crippen molar-refractivity contribution in [2.24, 2.45) is 5.73 Å². The van der Waals surface area contributed by atoms with Crippen molar-refractivity contribution in [1.82, 2.24) is 0 Å². The quantitative estimate of drug-likeness (QED) is 0.517. The molecule has 1 aliphatic carbocycles. The molecule has 0 aromatic heterocycles. The van der Waals surface area contributed by atoms with E-state index in [0.717, 1.165) is 25.7 Å². The van der Waals surface area contributed by atoms with Crippen LogP contribution >= 0.6 is 0 Å². The molecule has 0 radical (unpaired) electrons. The minimum Gasteiger partial charge on any atom is -0.461 e. The number of aliphatic hydroxyl groups is 1. The number of carbonyl (C=O) groups is 1. The van der Waals surface area contributed by atoms with Gasteiger partial charge in [-0.1, -0.05) is 12.8 Å². The van der Waals surface area contributed by atoms with Crippen LogP contribution < -0.4 is 5.73 Å². The van der Waals surface area contributed by atoms with Gasteiger partial charge in [-0.15, -0.1) is 0 Å². The number of hydrogen-bond acceptors (Lipinski definition) is 4.